The molecule has 1 aromatic carbocycles. The molecule has 1 fully saturated rings. The Morgan fingerprint density at radius 2 is 2.03 bits per heavy atom. The molecule has 3 aromatic rings. The van der Waals surface area contributed by atoms with E-state index >= 15 is 0 Å². The summed E-state index contributed by atoms with van der Waals surface area (Å²) in [6.07, 6.45) is 7.36. The predicted molar refractivity (Wildman–Crippen MR) is 126 cm³/mol. The summed E-state index contributed by atoms with van der Waals surface area (Å²) < 4.78 is 33.1. The van der Waals surface area contributed by atoms with Gasteiger partial charge in [-0.1, -0.05) is 0 Å². The van der Waals surface area contributed by atoms with E-state index in [4.69, 9.17) is 9.72 Å². The molecule has 33 heavy (non-hydrogen) atoms. The molecular weight excluding hydrogens is 442 g/mol. The Balaban J connectivity index is 1.45. The SMILES string of the molecule is COc1cc2c(cc1Nc1ncc3cnn(C4CCCN(S(C)(=O)=O)C4)c3n1)CN(C)CC2. The lowest BCUT2D eigenvalue weighted by molar-refractivity contribution is 0.259. The molecule has 0 aliphatic carbocycles. The number of fused-ring (bicyclic) bond motifs is 2. The number of anilines is 2. The number of hydrogen-bond acceptors (Lipinski definition) is 8. The minimum Gasteiger partial charge on any atom is -0.495 e. The largest absolute Gasteiger partial charge is 0.495 e. The summed E-state index contributed by atoms with van der Waals surface area (Å²) in [5.41, 5.74) is 4.07. The van der Waals surface area contributed by atoms with E-state index in [1.807, 2.05) is 4.68 Å². The Labute approximate surface area is 193 Å². The van der Waals surface area contributed by atoms with Crippen LogP contribution >= 0.6 is 0 Å². The first-order valence-corrected chi connectivity index (χ1v) is 13.0. The first-order chi connectivity index (χ1) is 15.8. The Kier molecular flexibility index (Phi) is 5.71. The van der Waals surface area contributed by atoms with Crippen molar-refractivity contribution in [1.82, 2.24) is 29.0 Å². The van der Waals surface area contributed by atoms with Gasteiger partial charge in [-0.2, -0.15) is 10.1 Å². The maximum Gasteiger partial charge on any atom is 0.229 e. The number of rotatable bonds is 5. The molecule has 10 nitrogen and oxygen atoms in total. The molecule has 5 rings (SSSR count). The van der Waals surface area contributed by atoms with Gasteiger partial charge in [0.1, 0.15) is 5.75 Å². The number of benzene rings is 1. The van der Waals surface area contributed by atoms with Gasteiger partial charge in [0.15, 0.2) is 5.65 Å². The molecule has 2 aliphatic rings. The average molecular weight is 472 g/mol. The van der Waals surface area contributed by atoms with Crippen molar-refractivity contribution in [3.63, 3.8) is 0 Å². The average Bonchev–Trinajstić information content (AvgIpc) is 3.21. The third-order valence-corrected chi connectivity index (χ3v) is 7.75. The van der Waals surface area contributed by atoms with E-state index in [1.54, 1.807) is 19.5 Å². The minimum atomic E-state index is -3.24. The van der Waals surface area contributed by atoms with Gasteiger partial charge >= 0.3 is 0 Å². The van der Waals surface area contributed by atoms with E-state index in [9.17, 15) is 8.42 Å². The van der Waals surface area contributed by atoms with Crippen molar-refractivity contribution in [3.05, 3.63) is 35.7 Å². The molecule has 11 heteroatoms. The molecule has 1 saturated heterocycles. The zero-order valence-corrected chi connectivity index (χ0v) is 20.0. The maximum absolute atomic E-state index is 12.1. The predicted octanol–water partition coefficient (Wildman–Crippen LogP) is 2.16. The van der Waals surface area contributed by atoms with Gasteiger partial charge in [-0.3, -0.25) is 0 Å². The van der Waals surface area contributed by atoms with Crippen molar-refractivity contribution in [1.29, 1.82) is 0 Å². The van der Waals surface area contributed by atoms with Crippen LogP contribution in [-0.4, -0.2) is 77.4 Å². The molecule has 176 valence electrons. The smallest absolute Gasteiger partial charge is 0.229 e. The van der Waals surface area contributed by atoms with Crippen molar-refractivity contribution >= 4 is 32.7 Å². The van der Waals surface area contributed by atoms with Crippen LogP contribution in [0, 0.1) is 0 Å². The van der Waals surface area contributed by atoms with Gasteiger partial charge in [-0.15, -0.1) is 0 Å². The second kappa shape index (κ2) is 8.54. The highest BCUT2D eigenvalue weighted by atomic mass is 32.2. The monoisotopic (exact) mass is 471 g/mol. The summed E-state index contributed by atoms with van der Waals surface area (Å²) in [7, 11) is 0.542. The molecule has 0 spiro atoms. The molecule has 2 aliphatic heterocycles. The number of nitrogens with one attached hydrogen (secondary N) is 1. The number of methoxy groups -OCH3 is 1. The Morgan fingerprint density at radius 3 is 2.82 bits per heavy atom. The van der Waals surface area contributed by atoms with E-state index in [-0.39, 0.29) is 6.04 Å². The van der Waals surface area contributed by atoms with Crippen LogP contribution in [0.4, 0.5) is 11.6 Å². The first-order valence-electron chi connectivity index (χ1n) is 11.1. The third-order valence-electron chi connectivity index (χ3n) is 6.48. The second-order valence-electron chi connectivity index (χ2n) is 8.91. The van der Waals surface area contributed by atoms with Crippen molar-refractivity contribution in [2.45, 2.75) is 31.8 Å². The Morgan fingerprint density at radius 1 is 1.18 bits per heavy atom. The standard InChI is InChI=1S/C22H29N7O3S/c1-27-8-6-15-10-20(32-2)19(9-16(15)13-27)25-22-23-11-17-12-24-29(21(17)26-22)18-5-4-7-28(14-18)33(3,30)31/h9-12,18H,4-8,13-14H2,1-3H3,(H,23,25,26). The molecule has 1 N–H and O–H groups in total. The Hall–Kier alpha value is -2.76. The molecule has 0 amide bonds. The number of ether oxygens (including phenoxy) is 1. The molecule has 1 atom stereocenters. The van der Waals surface area contributed by atoms with Crippen molar-refractivity contribution in [2.75, 3.05) is 45.4 Å². The highest BCUT2D eigenvalue weighted by molar-refractivity contribution is 7.88. The van der Waals surface area contributed by atoms with Crippen LogP contribution in [0.1, 0.15) is 30.0 Å². The number of hydrogen-bond donors (Lipinski definition) is 1. The lowest BCUT2D eigenvalue weighted by Crippen LogP contribution is -2.40. The molecule has 0 saturated carbocycles. The van der Waals surface area contributed by atoms with Gasteiger partial charge in [0, 0.05) is 32.4 Å². The van der Waals surface area contributed by atoms with Crippen LogP contribution in [-0.2, 0) is 23.0 Å². The number of sulfonamides is 1. The first kappa shape index (κ1) is 22.1. The van der Waals surface area contributed by atoms with Crippen LogP contribution in [0.2, 0.25) is 0 Å². The summed E-state index contributed by atoms with van der Waals surface area (Å²) in [5, 5.41) is 8.65. The molecule has 0 radical (unpaired) electrons. The number of likely N-dealkylation sites (N-methyl/N-ethyl adjacent to an activating group) is 1. The van der Waals surface area contributed by atoms with E-state index in [1.165, 1.54) is 21.7 Å². The maximum atomic E-state index is 12.1. The second-order valence-corrected chi connectivity index (χ2v) is 10.9. The molecule has 0 bridgehead atoms. The van der Waals surface area contributed by atoms with Crippen LogP contribution < -0.4 is 10.1 Å². The minimum absolute atomic E-state index is 0.0671. The van der Waals surface area contributed by atoms with Gasteiger partial charge < -0.3 is 15.0 Å². The molecular formula is C22H29N7O3S. The summed E-state index contributed by atoms with van der Waals surface area (Å²) in [6.45, 7) is 2.86. The van der Waals surface area contributed by atoms with Gasteiger partial charge in [-0.25, -0.2) is 22.4 Å². The van der Waals surface area contributed by atoms with E-state index < -0.39 is 10.0 Å². The fraction of sp³-hybridized carbons (Fsp3) is 0.500. The van der Waals surface area contributed by atoms with Crippen molar-refractivity contribution < 1.29 is 13.2 Å². The van der Waals surface area contributed by atoms with Gasteiger partial charge in [0.05, 0.1) is 36.7 Å². The zero-order chi connectivity index (χ0) is 23.2. The number of aromatic nitrogens is 4. The van der Waals surface area contributed by atoms with Crippen molar-refractivity contribution in [2.24, 2.45) is 0 Å². The highest BCUT2D eigenvalue weighted by Crippen LogP contribution is 2.33. The van der Waals surface area contributed by atoms with Crippen molar-refractivity contribution in [3.8, 4) is 5.75 Å². The summed E-state index contributed by atoms with van der Waals surface area (Å²) >= 11 is 0. The summed E-state index contributed by atoms with van der Waals surface area (Å²) in [4.78, 5) is 11.5. The quantitative estimate of drug-likeness (QED) is 0.604. The van der Waals surface area contributed by atoms with E-state index in [2.05, 4.69) is 39.5 Å². The van der Waals surface area contributed by atoms with Gasteiger partial charge in [-0.05, 0) is 49.6 Å². The Bertz CT molecular complexity index is 1290. The van der Waals surface area contributed by atoms with Crippen LogP contribution in [0.25, 0.3) is 11.0 Å². The topological polar surface area (TPSA) is 105 Å². The van der Waals surface area contributed by atoms with Gasteiger partial charge in [0.25, 0.3) is 0 Å². The van der Waals surface area contributed by atoms with E-state index in [0.29, 0.717) is 24.7 Å². The number of piperidine rings is 1. The van der Waals surface area contributed by atoms with E-state index in [0.717, 1.165) is 49.2 Å². The third kappa shape index (κ3) is 4.40. The fourth-order valence-electron chi connectivity index (χ4n) is 4.70. The highest BCUT2D eigenvalue weighted by Gasteiger charge is 2.28. The lowest BCUT2D eigenvalue weighted by Gasteiger charge is -2.31. The lowest BCUT2D eigenvalue weighted by atomic mass is 9.99. The van der Waals surface area contributed by atoms with Gasteiger partial charge in [0.2, 0.25) is 16.0 Å². The molecule has 1 unspecified atom stereocenters. The summed E-state index contributed by atoms with van der Waals surface area (Å²) in [6, 6.07) is 4.14. The molecule has 2 aromatic heterocycles. The van der Waals surface area contributed by atoms with Crippen LogP contribution in [0.3, 0.4) is 0 Å². The normalized spacial score (nSPS) is 20.0. The number of nitrogens with zero attached hydrogens (tertiary/aromatic N) is 6. The summed E-state index contributed by atoms with van der Waals surface area (Å²) in [5.74, 6) is 1.20. The zero-order valence-electron chi connectivity index (χ0n) is 19.2. The van der Waals surface area contributed by atoms with Crippen LogP contribution in [0.5, 0.6) is 5.75 Å². The fourth-order valence-corrected chi connectivity index (χ4v) is 5.60. The molecule has 4 heterocycles. The van der Waals surface area contributed by atoms with Crippen LogP contribution in [0.15, 0.2) is 24.5 Å².